The van der Waals surface area contributed by atoms with E-state index in [9.17, 15) is 17.6 Å². The molecule has 2 unspecified atom stereocenters. The lowest BCUT2D eigenvalue weighted by Crippen LogP contribution is -2.32. The van der Waals surface area contributed by atoms with Gasteiger partial charge in [0, 0.05) is 12.1 Å². The van der Waals surface area contributed by atoms with Crippen LogP contribution in [-0.2, 0) is 12.6 Å². The van der Waals surface area contributed by atoms with Crippen LogP contribution < -0.4 is 5.32 Å². The minimum Gasteiger partial charge on any atom is -0.307 e. The second-order valence-electron chi connectivity index (χ2n) is 5.57. The quantitative estimate of drug-likeness (QED) is 0.643. The number of nitrogens with one attached hydrogen (secondary N) is 1. The van der Waals surface area contributed by atoms with Gasteiger partial charge in [0.1, 0.15) is 5.82 Å². The van der Waals surface area contributed by atoms with Gasteiger partial charge < -0.3 is 5.32 Å². The van der Waals surface area contributed by atoms with Gasteiger partial charge >= 0.3 is 6.18 Å². The zero-order valence-electron chi connectivity index (χ0n) is 10.8. The van der Waals surface area contributed by atoms with E-state index in [-0.39, 0.29) is 0 Å². The van der Waals surface area contributed by atoms with E-state index >= 15 is 0 Å². The maximum absolute atomic E-state index is 13.2. The first-order valence-corrected chi connectivity index (χ1v) is 6.73. The molecule has 1 saturated heterocycles. The Morgan fingerprint density at radius 2 is 2.00 bits per heavy atom. The van der Waals surface area contributed by atoms with Gasteiger partial charge in [0.2, 0.25) is 0 Å². The highest BCUT2D eigenvalue weighted by molar-refractivity contribution is 5.32. The van der Waals surface area contributed by atoms with Crippen LogP contribution in [0.25, 0.3) is 0 Å². The largest absolute Gasteiger partial charge is 0.419 e. The maximum atomic E-state index is 13.2. The van der Waals surface area contributed by atoms with Crippen molar-refractivity contribution in [2.45, 2.75) is 43.9 Å². The molecule has 2 bridgehead atoms. The van der Waals surface area contributed by atoms with E-state index in [2.05, 4.69) is 11.4 Å². The van der Waals surface area contributed by atoms with Crippen molar-refractivity contribution in [3.63, 3.8) is 0 Å². The first kappa shape index (κ1) is 13.6. The summed E-state index contributed by atoms with van der Waals surface area (Å²) in [7, 11) is 0. The van der Waals surface area contributed by atoms with Crippen molar-refractivity contribution in [1.29, 1.82) is 0 Å². The third kappa shape index (κ3) is 2.73. The van der Waals surface area contributed by atoms with Crippen molar-refractivity contribution in [2.75, 3.05) is 0 Å². The molecule has 2 aliphatic rings. The minimum absolute atomic E-state index is 0.353. The number of rotatable bonds is 2. The fraction of sp³-hybridized carbons (Fsp3) is 0.467. The summed E-state index contributed by atoms with van der Waals surface area (Å²) in [6.45, 7) is 0. The van der Waals surface area contributed by atoms with Crippen LogP contribution in [0, 0.1) is 5.82 Å². The summed E-state index contributed by atoms with van der Waals surface area (Å²) in [5.41, 5.74) is 0.495. The lowest BCUT2D eigenvalue weighted by atomic mass is 9.95. The molecule has 5 heteroatoms. The summed E-state index contributed by atoms with van der Waals surface area (Å²) in [4.78, 5) is 0. The zero-order chi connectivity index (χ0) is 14.3. The molecule has 0 amide bonds. The Bertz CT molecular complexity index is 547. The fourth-order valence-corrected chi connectivity index (χ4v) is 3.10. The summed E-state index contributed by atoms with van der Waals surface area (Å²) in [5.74, 6) is -1.21. The van der Waals surface area contributed by atoms with Crippen LogP contribution in [0.4, 0.5) is 17.6 Å². The van der Waals surface area contributed by atoms with Crippen molar-refractivity contribution in [3.8, 4) is 0 Å². The Morgan fingerprint density at radius 3 is 2.70 bits per heavy atom. The Hall–Kier alpha value is -1.36. The van der Waals surface area contributed by atoms with Crippen molar-refractivity contribution >= 4 is 0 Å². The molecule has 1 fully saturated rings. The molecule has 1 aromatic carbocycles. The highest BCUT2D eigenvalue weighted by atomic mass is 19.4. The molecular weight excluding hydrogens is 270 g/mol. The zero-order valence-corrected chi connectivity index (χ0v) is 10.8. The van der Waals surface area contributed by atoms with Crippen molar-refractivity contribution in [3.05, 3.63) is 46.8 Å². The van der Waals surface area contributed by atoms with Gasteiger partial charge in [-0.2, -0.15) is 13.2 Å². The number of alkyl halides is 3. The standard InChI is InChI=1S/C15H15F4N/c16-14-4-1-9(8-13(14)15(17,18)19)5-10-6-11-2-3-12(7-10)20-11/h1,4,6,8,11-12,20H,2-3,5,7H2. The first-order valence-electron chi connectivity index (χ1n) is 6.73. The number of fused-ring (bicyclic) bond motifs is 2. The summed E-state index contributed by atoms with van der Waals surface area (Å²) in [5, 5.41) is 3.43. The van der Waals surface area contributed by atoms with Gasteiger partial charge in [-0.05, 0) is 43.4 Å². The van der Waals surface area contributed by atoms with E-state index in [4.69, 9.17) is 0 Å². The molecule has 0 aliphatic carbocycles. The van der Waals surface area contributed by atoms with Gasteiger partial charge in [0.25, 0.3) is 0 Å². The Kier molecular flexibility index (Phi) is 3.32. The van der Waals surface area contributed by atoms with E-state index in [1.165, 1.54) is 6.07 Å². The molecule has 2 aliphatic heterocycles. The highest BCUT2D eigenvalue weighted by Crippen LogP contribution is 2.33. The Morgan fingerprint density at radius 1 is 1.20 bits per heavy atom. The van der Waals surface area contributed by atoms with Gasteiger partial charge in [0.15, 0.2) is 0 Å². The van der Waals surface area contributed by atoms with E-state index in [0.29, 0.717) is 24.1 Å². The van der Waals surface area contributed by atoms with Crippen molar-refractivity contribution in [1.82, 2.24) is 5.32 Å². The molecule has 1 nitrogen and oxygen atoms in total. The third-order valence-electron chi connectivity index (χ3n) is 3.99. The average molecular weight is 285 g/mol. The average Bonchev–Trinajstić information content (AvgIpc) is 2.70. The molecule has 1 aromatic rings. The number of benzene rings is 1. The molecule has 2 heterocycles. The topological polar surface area (TPSA) is 12.0 Å². The van der Waals surface area contributed by atoms with Crippen molar-refractivity contribution < 1.29 is 17.6 Å². The summed E-state index contributed by atoms with van der Waals surface area (Å²) >= 11 is 0. The van der Waals surface area contributed by atoms with Crippen LogP contribution in [0.2, 0.25) is 0 Å². The predicted octanol–water partition coefficient (Wildman–Crippen LogP) is 3.84. The molecule has 2 atom stereocenters. The summed E-state index contributed by atoms with van der Waals surface area (Å²) in [6.07, 6.45) is 1.02. The number of hydrogen-bond acceptors (Lipinski definition) is 1. The molecule has 108 valence electrons. The van der Waals surface area contributed by atoms with Crippen LogP contribution in [0.15, 0.2) is 29.8 Å². The van der Waals surface area contributed by atoms with E-state index < -0.39 is 17.6 Å². The van der Waals surface area contributed by atoms with Crippen LogP contribution in [0.1, 0.15) is 30.4 Å². The molecule has 0 aromatic heterocycles. The van der Waals surface area contributed by atoms with Gasteiger partial charge in [-0.15, -0.1) is 0 Å². The second kappa shape index (κ2) is 4.88. The monoisotopic (exact) mass is 285 g/mol. The Balaban J connectivity index is 1.81. The molecule has 0 radical (unpaired) electrons. The molecular formula is C15H15F4N. The first-order chi connectivity index (χ1) is 9.41. The highest BCUT2D eigenvalue weighted by Gasteiger charge is 2.34. The fourth-order valence-electron chi connectivity index (χ4n) is 3.10. The third-order valence-corrected chi connectivity index (χ3v) is 3.99. The Labute approximate surface area is 114 Å². The van der Waals surface area contributed by atoms with Crippen LogP contribution in [-0.4, -0.2) is 12.1 Å². The van der Waals surface area contributed by atoms with Crippen molar-refractivity contribution in [2.24, 2.45) is 0 Å². The SMILES string of the molecule is Fc1ccc(CC2=CC3CCC(C2)N3)cc1C(F)(F)F. The van der Waals surface area contributed by atoms with Crippen LogP contribution in [0.3, 0.4) is 0 Å². The number of halogens is 4. The van der Waals surface area contributed by atoms with Crippen LogP contribution in [0.5, 0.6) is 0 Å². The van der Waals surface area contributed by atoms with E-state index in [1.54, 1.807) is 0 Å². The lowest BCUT2D eigenvalue weighted by Gasteiger charge is -2.21. The number of hydrogen-bond donors (Lipinski definition) is 1. The van der Waals surface area contributed by atoms with Gasteiger partial charge in [-0.25, -0.2) is 4.39 Å². The van der Waals surface area contributed by atoms with Gasteiger partial charge in [-0.3, -0.25) is 0 Å². The molecule has 0 spiro atoms. The summed E-state index contributed by atoms with van der Waals surface area (Å²) in [6, 6.07) is 4.08. The molecule has 3 rings (SSSR count). The van der Waals surface area contributed by atoms with Gasteiger partial charge in [-0.1, -0.05) is 17.7 Å². The normalized spacial score (nSPS) is 25.7. The van der Waals surface area contributed by atoms with Gasteiger partial charge in [0.05, 0.1) is 5.56 Å². The predicted molar refractivity (Wildman–Crippen MR) is 67.8 cm³/mol. The molecule has 20 heavy (non-hydrogen) atoms. The molecule has 0 saturated carbocycles. The minimum atomic E-state index is -4.64. The maximum Gasteiger partial charge on any atom is 0.419 e. The second-order valence-corrected chi connectivity index (χ2v) is 5.57. The van der Waals surface area contributed by atoms with Crippen LogP contribution >= 0.6 is 0 Å². The van der Waals surface area contributed by atoms with E-state index in [0.717, 1.165) is 37.0 Å². The lowest BCUT2D eigenvalue weighted by molar-refractivity contribution is -0.140. The van der Waals surface area contributed by atoms with E-state index in [1.807, 2.05) is 0 Å². The summed E-state index contributed by atoms with van der Waals surface area (Å²) < 4.78 is 51.3. The smallest absolute Gasteiger partial charge is 0.307 e. The molecule has 1 N–H and O–H groups in total.